The van der Waals surface area contributed by atoms with E-state index < -0.39 is 60.2 Å². The van der Waals surface area contributed by atoms with E-state index >= 15 is 0 Å². The second-order valence-corrected chi connectivity index (χ2v) is 21.0. The van der Waals surface area contributed by atoms with Gasteiger partial charge in [0.1, 0.15) is 11.5 Å². The Morgan fingerprint density at radius 1 is 0.524 bits per heavy atom. The van der Waals surface area contributed by atoms with E-state index in [0.717, 1.165) is 91.8 Å². The Morgan fingerprint density at radius 3 is 1.45 bits per heavy atom. The monoisotopic (exact) mass is 1170 g/mol. The molecular formula is C62H68F6N6O10. The number of rotatable bonds is 20. The Labute approximate surface area is 482 Å². The van der Waals surface area contributed by atoms with Crippen molar-refractivity contribution in [2.45, 2.75) is 121 Å². The number of carboxylic acid groups (broad SMARTS) is 2. The first-order valence-corrected chi connectivity index (χ1v) is 28.0. The molecule has 0 radical (unpaired) electrons. The molecule has 22 heteroatoms. The number of anilines is 2. The summed E-state index contributed by atoms with van der Waals surface area (Å²) in [7, 11) is 0. The lowest BCUT2D eigenvalue weighted by atomic mass is 9.69. The summed E-state index contributed by atoms with van der Waals surface area (Å²) in [5.74, 6) is -2.17. The Morgan fingerprint density at radius 2 is 0.988 bits per heavy atom. The van der Waals surface area contributed by atoms with E-state index in [4.69, 9.17) is 10.2 Å². The first-order chi connectivity index (χ1) is 40.1. The zero-order chi connectivity index (χ0) is 60.2. The molecule has 2 fully saturated rings. The van der Waals surface area contributed by atoms with E-state index in [0.29, 0.717) is 22.6 Å². The molecule has 0 spiro atoms. The number of carbonyl (C=O) groups is 6. The van der Waals surface area contributed by atoms with Gasteiger partial charge < -0.3 is 51.6 Å². The summed E-state index contributed by atoms with van der Waals surface area (Å²) in [6.07, 6.45) is 6.94. The maximum Gasteiger partial charge on any atom is 0.573 e. The summed E-state index contributed by atoms with van der Waals surface area (Å²) >= 11 is 0. The van der Waals surface area contributed by atoms with E-state index in [1.165, 1.54) is 68.4 Å². The fourth-order valence-electron chi connectivity index (χ4n) is 11.0. The lowest BCUT2D eigenvalue weighted by molar-refractivity contribution is -0.275. The Bertz CT molecular complexity index is 3050. The quantitative estimate of drug-likeness (QED) is 0.0343. The molecule has 0 heterocycles. The summed E-state index contributed by atoms with van der Waals surface area (Å²) in [6.45, 7) is -0.00200. The van der Waals surface area contributed by atoms with Crippen LogP contribution in [-0.2, 0) is 9.59 Å². The van der Waals surface area contributed by atoms with Gasteiger partial charge in [0, 0.05) is 47.7 Å². The third-order valence-corrected chi connectivity index (χ3v) is 15.0. The molecule has 0 saturated heterocycles. The highest BCUT2D eigenvalue weighted by atomic mass is 19.4. The van der Waals surface area contributed by atoms with Gasteiger partial charge in [-0.05, 0) is 145 Å². The topological polar surface area (TPSA) is 234 Å². The van der Waals surface area contributed by atoms with Gasteiger partial charge in [0.2, 0.25) is 0 Å². The van der Waals surface area contributed by atoms with Crippen molar-refractivity contribution in [3.8, 4) is 11.5 Å². The van der Waals surface area contributed by atoms with E-state index in [1.807, 2.05) is 24.3 Å². The van der Waals surface area contributed by atoms with Crippen molar-refractivity contribution in [3.05, 3.63) is 161 Å². The number of aliphatic carboxylic acids is 2. The van der Waals surface area contributed by atoms with Crippen molar-refractivity contribution in [1.29, 1.82) is 0 Å². The lowest BCUT2D eigenvalue weighted by Crippen LogP contribution is -2.38. The van der Waals surface area contributed by atoms with Gasteiger partial charge in [0.05, 0.1) is 24.9 Å². The second kappa shape index (κ2) is 30.1. The molecule has 2 saturated carbocycles. The number of hydrogen-bond acceptors (Lipinski definition) is 8. The molecule has 6 amide bonds. The molecular weight excluding hydrogens is 1100 g/mol. The minimum Gasteiger partial charge on any atom is -0.481 e. The number of benzene rings is 5. The number of allylic oxidation sites excluding steroid dienone is 2. The van der Waals surface area contributed by atoms with Gasteiger partial charge in [0.25, 0.3) is 11.8 Å². The summed E-state index contributed by atoms with van der Waals surface area (Å²) in [5.41, 5.74) is 5.50. The van der Waals surface area contributed by atoms with Crippen LogP contribution in [0.1, 0.15) is 151 Å². The van der Waals surface area contributed by atoms with E-state index in [-0.39, 0.29) is 55.2 Å². The number of ether oxygens (including phenoxy) is 2. The van der Waals surface area contributed by atoms with Crippen molar-refractivity contribution < 1.29 is 74.8 Å². The molecule has 3 aliphatic carbocycles. The van der Waals surface area contributed by atoms with Crippen molar-refractivity contribution in [1.82, 2.24) is 21.3 Å². The maximum atomic E-state index is 13.1. The molecule has 5 aromatic carbocycles. The molecule has 0 aromatic heterocycles. The highest BCUT2D eigenvalue weighted by molar-refractivity contribution is 5.95. The van der Waals surface area contributed by atoms with Gasteiger partial charge in [0.15, 0.2) is 0 Å². The molecule has 2 atom stereocenters. The minimum absolute atomic E-state index is 0.0136. The molecule has 0 aliphatic heterocycles. The minimum atomic E-state index is -4.87. The van der Waals surface area contributed by atoms with Crippen LogP contribution in [0.5, 0.6) is 11.5 Å². The third-order valence-electron chi connectivity index (χ3n) is 15.0. The Balaban J connectivity index is 0.000000241. The molecule has 84 heavy (non-hydrogen) atoms. The van der Waals surface area contributed by atoms with Gasteiger partial charge in [-0.1, -0.05) is 98.8 Å². The molecule has 448 valence electrons. The zero-order valence-electron chi connectivity index (χ0n) is 46.0. The highest BCUT2D eigenvalue weighted by Gasteiger charge is 2.35. The fraction of sp³-hybridized carbons (Fsp3) is 0.387. The van der Waals surface area contributed by atoms with Gasteiger partial charge in [-0.3, -0.25) is 19.2 Å². The van der Waals surface area contributed by atoms with Crippen LogP contribution in [0, 0.1) is 17.8 Å². The van der Waals surface area contributed by atoms with Crippen LogP contribution in [0.3, 0.4) is 0 Å². The van der Waals surface area contributed by atoms with Crippen molar-refractivity contribution in [2.75, 3.05) is 23.7 Å². The van der Waals surface area contributed by atoms with Gasteiger partial charge in [-0.25, -0.2) is 9.59 Å². The second-order valence-electron chi connectivity index (χ2n) is 21.0. The number of hydrogen-bond donors (Lipinski definition) is 8. The smallest absolute Gasteiger partial charge is 0.481 e. The van der Waals surface area contributed by atoms with E-state index in [2.05, 4.69) is 47.5 Å². The average Bonchev–Trinajstić information content (AvgIpc) is 3.56. The fourth-order valence-corrected chi connectivity index (χ4v) is 11.0. The largest absolute Gasteiger partial charge is 0.573 e. The summed E-state index contributed by atoms with van der Waals surface area (Å²) in [4.78, 5) is 72.4. The Kier molecular flexibility index (Phi) is 22.6. The van der Waals surface area contributed by atoms with Gasteiger partial charge in [-0.2, -0.15) is 0 Å². The summed E-state index contributed by atoms with van der Waals surface area (Å²) in [5, 5.41) is 33.7. The zero-order valence-corrected chi connectivity index (χ0v) is 46.0. The van der Waals surface area contributed by atoms with Crippen LogP contribution in [0.15, 0.2) is 127 Å². The van der Waals surface area contributed by atoms with Gasteiger partial charge in [-0.15, -0.1) is 26.3 Å². The normalized spacial score (nSPS) is 17.0. The van der Waals surface area contributed by atoms with Crippen LogP contribution < -0.4 is 41.4 Å². The molecule has 0 bridgehead atoms. The molecule has 5 aromatic rings. The molecule has 16 nitrogen and oxygen atoms in total. The highest BCUT2D eigenvalue weighted by Crippen LogP contribution is 2.44. The number of carboxylic acids is 2. The van der Waals surface area contributed by atoms with Crippen LogP contribution >= 0.6 is 0 Å². The number of carbonyl (C=O) groups excluding carboxylic acids is 4. The number of halogens is 6. The SMILES string of the molecule is O=C(O)CCNC(=O)c1ccc(C(NC(=O)Nc2cccc(OC(F)(F)F)c2)C2CCC(C3CCCCC3)CC2)cc1.O=C(O)CCNC(=O)c1ccc(C(NC(=O)Nc2cccc(OC(F)(F)F)c2)c2ccc(C3=CCCCC3)cc2)cc1. The predicted octanol–water partition coefficient (Wildman–Crippen LogP) is 13.7. The summed E-state index contributed by atoms with van der Waals surface area (Å²) in [6, 6.07) is 28.9. The van der Waals surface area contributed by atoms with Crippen molar-refractivity contribution in [2.24, 2.45) is 17.8 Å². The molecule has 3 aliphatic rings. The predicted molar refractivity (Wildman–Crippen MR) is 302 cm³/mol. The van der Waals surface area contributed by atoms with E-state index in [9.17, 15) is 55.1 Å². The number of amides is 6. The first-order valence-electron chi connectivity index (χ1n) is 28.0. The van der Waals surface area contributed by atoms with Crippen LogP contribution in [0.2, 0.25) is 0 Å². The number of nitrogens with one attached hydrogen (secondary N) is 6. The van der Waals surface area contributed by atoms with Crippen LogP contribution in [0.25, 0.3) is 5.57 Å². The summed E-state index contributed by atoms with van der Waals surface area (Å²) < 4.78 is 83.7. The molecule has 2 unspecified atom stereocenters. The van der Waals surface area contributed by atoms with Gasteiger partial charge >= 0.3 is 36.7 Å². The van der Waals surface area contributed by atoms with Crippen molar-refractivity contribution >= 4 is 52.8 Å². The van der Waals surface area contributed by atoms with Crippen LogP contribution in [-0.4, -0.2) is 71.8 Å². The first kappa shape index (κ1) is 63.0. The van der Waals surface area contributed by atoms with E-state index in [1.54, 1.807) is 48.5 Å². The third kappa shape index (κ3) is 20.4. The standard InChI is InChI=1S/C31H38F3N3O5.C31H30F3N3O5/c2*32-31(33,34)42-26-8-4-7-25(19-26)36-30(41)37-28(22-11-9-21(10-12-22)20-5-2-1-3-6-20)23-13-15-24(16-14-23)29(40)35-18-17-27(38)39/h4,7-8,13-16,19-22,28H,1-3,5-6,9-12,17-18H2,(H,35,40)(H,38,39)(H2,36,37,41);4-5,7-16,19,28H,1-3,6,17-18H2,(H,35,40)(H,38,39)(H2,36,37,41). The van der Waals surface area contributed by atoms with Crippen LogP contribution in [0.4, 0.5) is 47.3 Å². The lowest BCUT2D eigenvalue weighted by Gasteiger charge is -2.38. The van der Waals surface area contributed by atoms with Crippen molar-refractivity contribution in [3.63, 3.8) is 0 Å². The Hall–Kier alpha value is -8.56. The molecule has 8 rings (SSSR count). The molecule has 8 N–H and O–H groups in total. The number of urea groups is 2. The average molecular weight is 1170 g/mol. The maximum absolute atomic E-state index is 13.1. The number of alkyl halides is 6.